The van der Waals surface area contributed by atoms with Crippen LogP contribution in [0.25, 0.3) is 0 Å². The van der Waals surface area contributed by atoms with Gasteiger partial charge in [-0.05, 0) is 36.2 Å². The third-order valence-corrected chi connectivity index (χ3v) is 4.64. The van der Waals surface area contributed by atoms with Crippen LogP contribution in [0.15, 0.2) is 42.5 Å². The molecule has 0 bridgehead atoms. The molecule has 21 heavy (non-hydrogen) atoms. The van der Waals surface area contributed by atoms with Gasteiger partial charge in [-0.3, -0.25) is 0 Å². The minimum absolute atomic E-state index is 0.0839. The van der Waals surface area contributed by atoms with E-state index in [1.807, 2.05) is 49.5 Å². The lowest BCUT2D eigenvalue weighted by Crippen LogP contribution is -2.22. The first-order valence-electron chi connectivity index (χ1n) is 6.64. The molecule has 0 aliphatic heterocycles. The summed E-state index contributed by atoms with van der Waals surface area (Å²) in [4.78, 5) is 2.08. The number of hydrogen-bond donors (Lipinski definition) is 0. The second-order valence-electron chi connectivity index (χ2n) is 4.91. The first-order chi connectivity index (χ1) is 10.1. The largest absolute Gasteiger partial charge is 0.367 e. The van der Waals surface area contributed by atoms with Crippen molar-refractivity contribution in [3.05, 3.63) is 64.2 Å². The van der Waals surface area contributed by atoms with Gasteiger partial charge in [0.05, 0.1) is 17.3 Å². The van der Waals surface area contributed by atoms with Crippen LogP contribution < -0.4 is 4.90 Å². The average Bonchev–Trinajstić information content (AvgIpc) is 2.53. The third-order valence-electron chi connectivity index (χ3n) is 3.65. The van der Waals surface area contributed by atoms with Gasteiger partial charge in [-0.2, -0.15) is 5.26 Å². The summed E-state index contributed by atoms with van der Waals surface area (Å²) in [6.45, 7) is 2.08. The van der Waals surface area contributed by atoms with Crippen LogP contribution in [0.4, 0.5) is 5.69 Å². The molecule has 2 rings (SSSR count). The van der Waals surface area contributed by atoms with Crippen molar-refractivity contribution >= 4 is 33.2 Å². The number of nitriles is 1. The first kappa shape index (κ1) is 15.9. The highest BCUT2D eigenvalue weighted by atomic mass is 79.9. The Morgan fingerprint density at radius 2 is 2.00 bits per heavy atom. The first-order valence-corrected chi connectivity index (χ1v) is 8.14. The van der Waals surface area contributed by atoms with Crippen molar-refractivity contribution in [1.29, 1.82) is 5.26 Å². The summed E-state index contributed by atoms with van der Waals surface area (Å²) in [5.41, 5.74) is 3.73. The number of alkyl halides is 1. The molecular weight excluding hydrogens is 348 g/mol. The Morgan fingerprint density at radius 3 is 2.62 bits per heavy atom. The lowest BCUT2D eigenvalue weighted by atomic mass is 10.0. The molecule has 0 spiro atoms. The molecule has 0 saturated heterocycles. The summed E-state index contributed by atoms with van der Waals surface area (Å²) in [6.07, 6.45) is 0. The number of benzene rings is 2. The Bertz CT molecular complexity index is 679. The molecule has 0 fully saturated rings. The summed E-state index contributed by atoms with van der Waals surface area (Å²) in [6, 6.07) is 16.1. The highest BCUT2D eigenvalue weighted by Gasteiger charge is 2.17. The predicted molar refractivity (Wildman–Crippen MR) is 92.1 cm³/mol. The zero-order valence-corrected chi connectivity index (χ0v) is 14.3. The van der Waals surface area contributed by atoms with E-state index < -0.39 is 0 Å². The standard InChI is InChI=1S/C17H16BrClN2/c1-12(15-5-3-4-6-16(15)19)21(2)17-8-7-13(10-18)9-14(17)11-20/h3-9,12H,10H2,1-2H3. The molecular formula is C17H16BrClN2. The smallest absolute Gasteiger partial charge is 0.101 e. The van der Waals surface area contributed by atoms with Crippen molar-refractivity contribution in [3.8, 4) is 6.07 Å². The minimum atomic E-state index is 0.0839. The number of nitrogens with zero attached hydrogens (tertiary/aromatic N) is 2. The van der Waals surface area contributed by atoms with Crippen LogP contribution in [-0.2, 0) is 5.33 Å². The molecule has 0 radical (unpaired) electrons. The van der Waals surface area contributed by atoms with Gasteiger partial charge in [-0.25, -0.2) is 0 Å². The van der Waals surface area contributed by atoms with Crippen LogP contribution in [-0.4, -0.2) is 7.05 Å². The summed E-state index contributed by atoms with van der Waals surface area (Å²) in [5, 5.41) is 10.9. The summed E-state index contributed by atoms with van der Waals surface area (Å²) in [7, 11) is 1.98. The fourth-order valence-electron chi connectivity index (χ4n) is 2.29. The second-order valence-corrected chi connectivity index (χ2v) is 5.87. The maximum absolute atomic E-state index is 9.38. The maximum atomic E-state index is 9.38. The number of rotatable bonds is 4. The predicted octanol–water partition coefficient (Wildman–Crippen LogP) is 5.30. The zero-order chi connectivity index (χ0) is 15.4. The van der Waals surface area contributed by atoms with Gasteiger partial charge in [0.15, 0.2) is 0 Å². The quantitative estimate of drug-likeness (QED) is 0.689. The van der Waals surface area contributed by atoms with Gasteiger partial charge in [0, 0.05) is 17.4 Å². The maximum Gasteiger partial charge on any atom is 0.101 e. The molecule has 1 unspecified atom stereocenters. The Kier molecular flexibility index (Phi) is 5.27. The van der Waals surface area contributed by atoms with Gasteiger partial charge >= 0.3 is 0 Å². The van der Waals surface area contributed by atoms with Gasteiger partial charge in [0.1, 0.15) is 6.07 Å². The van der Waals surface area contributed by atoms with Gasteiger partial charge < -0.3 is 4.90 Å². The molecule has 4 heteroatoms. The van der Waals surface area contributed by atoms with E-state index in [4.69, 9.17) is 11.6 Å². The Balaban J connectivity index is 2.38. The monoisotopic (exact) mass is 362 g/mol. The highest BCUT2D eigenvalue weighted by molar-refractivity contribution is 9.08. The number of hydrogen-bond acceptors (Lipinski definition) is 2. The van der Waals surface area contributed by atoms with E-state index in [-0.39, 0.29) is 6.04 Å². The van der Waals surface area contributed by atoms with Gasteiger partial charge in [-0.15, -0.1) is 0 Å². The fourth-order valence-corrected chi connectivity index (χ4v) is 2.94. The SMILES string of the molecule is CC(c1ccccc1Cl)N(C)c1ccc(CBr)cc1C#N. The minimum Gasteiger partial charge on any atom is -0.367 e. The molecule has 1 atom stereocenters. The highest BCUT2D eigenvalue weighted by Crippen LogP contribution is 2.32. The molecule has 0 aliphatic rings. The molecule has 0 amide bonds. The zero-order valence-electron chi connectivity index (χ0n) is 12.0. The van der Waals surface area contributed by atoms with Crippen LogP contribution in [0.5, 0.6) is 0 Å². The van der Waals surface area contributed by atoms with Crippen LogP contribution in [0.2, 0.25) is 5.02 Å². The van der Waals surface area contributed by atoms with E-state index >= 15 is 0 Å². The lowest BCUT2D eigenvalue weighted by Gasteiger charge is -2.29. The van der Waals surface area contributed by atoms with Crippen LogP contribution >= 0.6 is 27.5 Å². The van der Waals surface area contributed by atoms with Crippen molar-refractivity contribution in [2.24, 2.45) is 0 Å². The van der Waals surface area contributed by atoms with Crippen LogP contribution in [0.1, 0.15) is 29.7 Å². The van der Waals surface area contributed by atoms with E-state index in [0.29, 0.717) is 5.56 Å². The molecule has 2 aromatic carbocycles. The normalized spacial score (nSPS) is 11.8. The van der Waals surface area contributed by atoms with Gasteiger partial charge in [-0.1, -0.05) is 51.8 Å². The van der Waals surface area contributed by atoms with Crippen molar-refractivity contribution in [1.82, 2.24) is 0 Å². The lowest BCUT2D eigenvalue weighted by molar-refractivity contribution is 0.739. The molecule has 2 aromatic rings. The number of anilines is 1. The van der Waals surface area contributed by atoms with Crippen molar-refractivity contribution in [2.75, 3.05) is 11.9 Å². The molecule has 0 N–H and O–H groups in total. The van der Waals surface area contributed by atoms with Gasteiger partial charge in [0.25, 0.3) is 0 Å². The molecule has 2 nitrogen and oxygen atoms in total. The van der Waals surface area contributed by atoms with E-state index in [0.717, 1.165) is 27.2 Å². The molecule has 108 valence electrons. The topological polar surface area (TPSA) is 27.0 Å². The summed E-state index contributed by atoms with van der Waals surface area (Å²) < 4.78 is 0. The van der Waals surface area contributed by atoms with Crippen LogP contribution in [0, 0.1) is 11.3 Å². The molecule has 0 aromatic heterocycles. The van der Waals surface area contributed by atoms with E-state index in [9.17, 15) is 5.26 Å². The summed E-state index contributed by atoms with van der Waals surface area (Å²) >= 11 is 9.69. The fraction of sp³-hybridized carbons (Fsp3) is 0.235. The van der Waals surface area contributed by atoms with E-state index in [1.165, 1.54) is 0 Å². The van der Waals surface area contributed by atoms with E-state index in [2.05, 4.69) is 33.8 Å². The Labute approximate surface area is 139 Å². The van der Waals surface area contributed by atoms with Crippen molar-refractivity contribution < 1.29 is 0 Å². The average molecular weight is 364 g/mol. The van der Waals surface area contributed by atoms with Crippen LogP contribution in [0.3, 0.4) is 0 Å². The molecule has 0 saturated carbocycles. The van der Waals surface area contributed by atoms with Crippen molar-refractivity contribution in [3.63, 3.8) is 0 Å². The second kappa shape index (κ2) is 6.98. The van der Waals surface area contributed by atoms with Gasteiger partial charge in [0.2, 0.25) is 0 Å². The summed E-state index contributed by atoms with van der Waals surface area (Å²) in [5.74, 6) is 0. The Morgan fingerprint density at radius 1 is 1.29 bits per heavy atom. The molecule has 0 heterocycles. The Hall–Kier alpha value is -1.50. The molecule has 0 aliphatic carbocycles. The third kappa shape index (κ3) is 3.40. The van der Waals surface area contributed by atoms with Crippen molar-refractivity contribution in [2.45, 2.75) is 18.3 Å². The van der Waals surface area contributed by atoms with E-state index in [1.54, 1.807) is 0 Å². The number of halogens is 2.